The van der Waals surface area contributed by atoms with Crippen LogP contribution in [-0.2, 0) is 5.41 Å². The number of benzene rings is 8. The summed E-state index contributed by atoms with van der Waals surface area (Å²) in [6, 6.07) is 66.6. The molecule has 11 rings (SSSR count). The lowest BCUT2D eigenvalue weighted by Gasteiger charge is -2.30. The van der Waals surface area contributed by atoms with Crippen molar-refractivity contribution in [3.05, 3.63) is 204 Å². The van der Waals surface area contributed by atoms with Crippen molar-refractivity contribution in [3.63, 3.8) is 0 Å². The van der Waals surface area contributed by atoms with Gasteiger partial charge in [-0.15, -0.1) is 0 Å². The molecule has 0 aromatic heterocycles. The zero-order chi connectivity index (χ0) is 32.8. The van der Waals surface area contributed by atoms with E-state index < -0.39 is 0 Å². The van der Waals surface area contributed by atoms with Gasteiger partial charge >= 0.3 is 0 Å². The maximum absolute atomic E-state index is 6.77. The van der Waals surface area contributed by atoms with Gasteiger partial charge in [0, 0.05) is 11.1 Å². The number of rotatable bonds is 2. The third-order valence-electron chi connectivity index (χ3n) is 11.1. The van der Waals surface area contributed by atoms with Gasteiger partial charge in [-0.25, -0.2) is 0 Å². The minimum Gasteiger partial charge on any atom is -0.456 e. The Morgan fingerprint density at radius 1 is 0.280 bits per heavy atom. The lowest BCUT2D eigenvalue weighted by molar-refractivity contribution is 0.488. The standard InChI is InChI=1S/C49H30O/c1-2-13-31(14-3-1)32-25-27-46-40(29-32)35-15-4-5-16-36(35)41-30-33(26-28-47(41)50-46)34-20-12-24-45-48(34)39-19-8-11-23-44(39)49(45)42-21-9-6-17-37(42)38-18-7-10-22-43(38)49/h1-30H. The molecule has 8 aromatic carbocycles. The fourth-order valence-electron chi connectivity index (χ4n) is 9.09. The van der Waals surface area contributed by atoms with Crippen LogP contribution in [0.5, 0.6) is 11.5 Å². The van der Waals surface area contributed by atoms with Crippen molar-refractivity contribution in [1.29, 1.82) is 0 Å². The summed E-state index contributed by atoms with van der Waals surface area (Å²) in [6.45, 7) is 0. The average Bonchev–Trinajstić information content (AvgIpc) is 3.61. The van der Waals surface area contributed by atoms with Gasteiger partial charge in [-0.2, -0.15) is 0 Å². The molecule has 3 aliphatic rings. The minimum absolute atomic E-state index is 0.366. The van der Waals surface area contributed by atoms with Gasteiger partial charge in [-0.05, 0) is 102 Å². The van der Waals surface area contributed by atoms with Gasteiger partial charge < -0.3 is 4.74 Å². The molecule has 1 heteroatoms. The van der Waals surface area contributed by atoms with E-state index in [1.807, 2.05) is 0 Å². The highest BCUT2D eigenvalue weighted by molar-refractivity contribution is 6.01. The average molecular weight is 635 g/mol. The molecule has 1 heterocycles. The van der Waals surface area contributed by atoms with Crippen molar-refractivity contribution in [2.45, 2.75) is 5.41 Å². The number of ether oxygens (including phenoxy) is 1. The van der Waals surface area contributed by atoms with Crippen LogP contribution in [0.15, 0.2) is 182 Å². The second kappa shape index (κ2) is 10.3. The Morgan fingerprint density at radius 2 is 0.740 bits per heavy atom. The maximum atomic E-state index is 6.77. The lowest BCUT2D eigenvalue weighted by atomic mass is 9.70. The van der Waals surface area contributed by atoms with E-state index in [1.165, 1.54) is 77.9 Å². The van der Waals surface area contributed by atoms with E-state index >= 15 is 0 Å². The molecule has 232 valence electrons. The predicted octanol–water partition coefficient (Wildman–Crippen LogP) is 12.8. The van der Waals surface area contributed by atoms with E-state index in [9.17, 15) is 0 Å². The molecular formula is C49H30O. The van der Waals surface area contributed by atoms with Crippen molar-refractivity contribution in [2.24, 2.45) is 0 Å². The summed E-state index contributed by atoms with van der Waals surface area (Å²) in [5.41, 5.74) is 19.7. The molecule has 0 N–H and O–H groups in total. The molecule has 0 amide bonds. The largest absolute Gasteiger partial charge is 0.456 e. The fraction of sp³-hybridized carbons (Fsp3) is 0.0204. The van der Waals surface area contributed by atoms with Crippen LogP contribution >= 0.6 is 0 Å². The molecule has 0 bridgehead atoms. The van der Waals surface area contributed by atoms with Crippen molar-refractivity contribution in [2.75, 3.05) is 0 Å². The van der Waals surface area contributed by atoms with E-state index in [1.54, 1.807) is 0 Å². The molecule has 0 fully saturated rings. The number of hydrogen-bond acceptors (Lipinski definition) is 1. The summed E-state index contributed by atoms with van der Waals surface area (Å²) in [6.07, 6.45) is 0. The highest BCUT2D eigenvalue weighted by Crippen LogP contribution is 2.64. The van der Waals surface area contributed by atoms with Gasteiger partial charge in [0.1, 0.15) is 11.5 Å². The smallest absolute Gasteiger partial charge is 0.135 e. The monoisotopic (exact) mass is 634 g/mol. The molecule has 0 radical (unpaired) electrons. The Morgan fingerprint density at radius 3 is 1.38 bits per heavy atom. The van der Waals surface area contributed by atoms with Crippen molar-refractivity contribution in [3.8, 4) is 78.3 Å². The van der Waals surface area contributed by atoms with E-state index in [0.29, 0.717) is 0 Å². The highest BCUT2D eigenvalue weighted by Gasteiger charge is 2.51. The van der Waals surface area contributed by atoms with Crippen LogP contribution in [-0.4, -0.2) is 0 Å². The Kier molecular flexibility index (Phi) is 5.66. The molecule has 8 aromatic rings. The number of hydrogen-bond donors (Lipinski definition) is 0. The second-order valence-electron chi connectivity index (χ2n) is 13.6. The van der Waals surface area contributed by atoms with Gasteiger partial charge in [0.05, 0.1) is 5.41 Å². The van der Waals surface area contributed by atoms with Crippen LogP contribution in [0.4, 0.5) is 0 Å². The van der Waals surface area contributed by atoms with E-state index in [-0.39, 0.29) is 5.41 Å². The molecule has 0 saturated carbocycles. The summed E-state index contributed by atoms with van der Waals surface area (Å²) >= 11 is 0. The van der Waals surface area contributed by atoms with Crippen molar-refractivity contribution < 1.29 is 4.74 Å². The third kappa shape index (κ3) is 3.61. The van der Waals surface area contributed by atoms with Gasteiger partial charge in [-0.3, -0.25) is 0 Å². The van der Waals surface area contributed by atoms with Crippen molar-refractivity contribution in [1.82, 2.24) is 0 Å². The van der Waals surface area contributed by atoms with E-state index in [4.69, 9.17) is 4.74 Å². The fourth-order valence-corrected chi connectivity index (χ4v) is 9.09. The summed E-state index contributed by atoms with van der Waals surface area (Å²) in [4.78, 5) is 0. The number of fused-ring (bicyclic) bond motifs is 15. The first-order valence-electron chi connectivity index (χ1n) is 17.3. The topological polar surface area (TPSA) is 9.23 Å². The van der Waals surface area contributed by atoms with Gasteiger partial charge in [0.25, 0.3) is 0 Å². The molecule has 1 spiro atoms. The summed E-state index contributed by atoms with van der Waals surface area (Å²) in [5, 5.41) is 0. The van der Waals surface area contributed by atoms with Gasteiger partial charge in [0.15, 0.2) is 0 Å². The summed E-state index contributed by atoms with van der Waals surface area (Å²) in [7, 11) is 0. The molecule has 1 aliphatic heterocycles. The van der Waals surface area contributed by atoms with Crippen LogP contribution in [0, 0.1) is 0 Å². The Balaban J connectivity index is 1.13. The Hall–Kier alpha value is -6.44. The lowest BCUT2D eigenvalue weighted by Crippen LogP contribution is -2.25. The van der Waals surface area contributed by atoms with Crippen LogP contribution in [0.3, 0.4) is 0 Å². The first kappa shape index (κ1) is 27.5. The molecule has 0 atom stereocenters. The van der Waals surface area contributed by atoms with Crippen LogP contribution in [0.25, 0.3) is 66.8 Å². The zero-order valence-electron chi connectivity index (χ0n) is 27.2. The SMILES string of the molecule is c1ccc(-c2ccc3c(c2)-c2ccccc2-c2cc(-c4cccc5c4-c4ccccc4C54c5ccccc5-c5ccccc54)ccc2O3)cc1. The third-order valence-corrected chi connectivity index (χ3v) is 11.1. The van der Waals surface area contributed by atoms with Crippen LogP contribution in [0.1, 0.15) is 22.3 Å². The minimum atomic E-state index is -0.366. The van der Waals surface area contributed by atoms with Crippen LogP contribution < -0.4 is 4.74 Å². The zero-order valence-corrected chi connectivity index (χ0v) is 27.2. The van der Waals surface area contributed by atoms with Gasteiger partial charge in [-0.1, -0.05) is 158 Å². The highest BCUT2D eigenvalue weighted by atomic mass is 16.5. The normalized spacial score (nSPS) is 13.5. The van der Waals surface area contributed by atoms with Crippen LogP contribution in [0.2, 0.25) is 0 Å². The molecule has 50 heavy (non-hydrogen) atoms. The molecular weight excluding hydrogens is 605 g/mol. The molecule has 1 nitrogen and oxygen atoms in total. The Labute approximate surface area is 291 Å². The van der Waals surface area contributed by atoms with E-state index in [2.05, 4.69) is 182 Å². The van der Waals surface area contributed by atoms with Gasteiger partial charge in [0.2, 0.25) is 0 Å². The molecule has 0 unspecified atom stereocenters. The molecule has 2 aliphatic carbocycles. The first-order valence-corrected chi connectivity index (χ1v) is 17.3. The second-order valence-corrected chi connectivity index (χ2v) is 13.6. The van der Waals surface area contributed by atoms with E-state index in [0.717, 1.165) is 22.6 Å². The first-order chi connectivity index (χ1) is 24.8. The Bertz CT molecular complexity index is 2640. The summed E-state index contributed by atoms with van der Waals surface area (Å²) < 4.78 is 6.77. The summed E-state index contributed by atoms with van der Waals surface area (Å²) in [5.74, 6) is 1.74. The van der Waals surface area contributed by atoms with Crippen molar-refractivity contribution >= 4 is 0 Å². The predicted molar refractivity (Wildman–Crippen MR) is 205 cm³/mol. The quantitative estimate of drug-likeness (QED) is 0.184. The molecule has 0 saturated heterocycles. The maximum Gasteiger partial charge on any atom is 0.135 e.